The Morgan fingerprint density at radius 3 is 3.00 bits per heavy atom. The van der Waals surface area contributed by atoms with Gasteiger partial charge in [-0.3, -0.25) is 10.2 Å². The summed E-state index contributed by atoms with van der Waals surface area (Å²) >= 11 is 5.91. The van der Waals surface area contributed by atoms with E-state index in [9.17, 15) is 9.59 Å². The molecule has 2 N–H and O–H groups in total. The first-order valence-electron chi connectivity index (χ1n) is 6.24. The number of carbonyl (C=O) groups excluding carboxylic acids is 2. The number of benzene rings is 1. The van der Waals surface area contributed by atoms with Crippen LogP contribution < -0.4 is 15.6 Å². The molecule has 1 heterocycles. The molecule has 7 heteroatoms. The van der Waals surface area contributed by atoms with Crippen molar-refractivity contribution in [3.8, 4) is 5.75 Å². The van der Waals surface area contributed by atoms with Crippen LogP contribution in [-0.2, 0) is 16.0 Å². The minimum Gasteiger partial charge on any atom is -0.492 e. The zero-order valence-corrected chi connectivity index (χ0v) is 11.7. The molecule has 20 heavy (non-hydrogen) atoms. The second kappa shape index (κ2) is 6.47. The van der Waals surface area contributed by atoms with Gasteiger partial charge in [-0.15, -0.1) is 0 Å². The van der Waals surface area contributed by atoms with Crippen LogP contribution in [0.5, 0.6) is 5.75 Å². The monoisotopic (exact) mass is 298 g/mol. The SMILES string of the molecule is CCOC(=O)NNC(=O)C1COc2ccc(Cl)cc2C1. The number of fused-ring (bicyclic) bond motifs is 1. The van der Waals surface area contributed by atoms with E-state index in [-0.39, 0.29) is 25.0 Å². The molecule has 0 fully saturated rings. The third kappa shape index (κ3) is 3.54. The maximum absolute atomic E-state index is 11.9. The molecule has 0 aliphatic carbocycles. The molecule has 108 valence electrons. The third-order valence-electron chi connectivity index (χ3n) is 2.86. The first-order chi connectivity index (χ1) is 9.60. The minimum absolute atomic E-state index is 0.236. The molecule has 0 aromatic heterocycles. The van der Waals surface area contributed by atoms with Crippen molar-refractivity contribution in [2.45, 2.75) is 13.3 Å². The Kier molecular flexibility index (Phi) is 4.68. The van der Waals surface area contributed by atoms with E-state index in [0.717, 1.165) is 11.3 Å². The van der Waals surface area contributed by atoms with Gasteiger partial charge in [-0.05, 0) is 37.1 Å². The van der Waals surface area contributed by atoms with Crippen LogP contribution in [0, 0.1) is 5.92 Å². The molecule has 1 aromatic rings. The highest BCUT2D eigenvalue weighted by Gasteiger charge is 2.26. The average Bonchev–Trinajstić information content (AvgIpc) is 2.44. The van der Waals surface area contributed by atoms with Crippen molar-refractivity contribution in [2.24, 2.45) is 5.92 Å². The summed E-state index contributed by atoms with van der Waals surface area (Å²) in [4.78, 5) is 23.0. The Morgan fingerprint density at radius 1 is 1.45 bits per heavy atom. The van der Waals surface area contributed by atoms with Gasteiger partial charge < -0.3 is 9.47 Å². The van der Waals surface area contributed by atoms with Crippen LogP contribution in [0.3, 0.4) is 0 Å². The standard InChI is InChI=1S/C13H15ClN2O4/c1-2-19-13(18)16-15-12(17)9-5-8-6-10(14)3-4-11(8)20-7-9/h3-4,6,9H,2,5,7H2,1H3,(H,15,17)(H,16,18). The van der Waals surface area contributed by atoms with Gasteiger partial charge in [0.1, 0.15) is 12.4 Å². The number of halogens is 1. The molecule has 0 saturated carbocycles. The molecule has 2 rings (SSSR count). The summed E-state index contributed by atoms with van der Waals surface area (Å²) in [7, 11) is 0. The lowest BCUT2D eigenvalue weighted by atomic mass is 9.96. The van der Waals surface area contributed by atoms with Gasteiger partial charge in [0.15, 0.2) is 0 Å². The highest BCUT2D eigenvalue weighted by Crippen LogP contribution is 2.29. The predicted octanol–water partition coefficient (Wildman–Crippen LogP) is 1.67. The Labute approximate surface area is 121 Å². The highest BCUT2D eigenvalue weighted by atomic mass is 35.5. The number of nitrogens with one attached hydrogen (secondary N) is 2. The molecular weight excluding hydrogens is 284 g/mol. The van der Waals surface area contributed by atoms with Crippen molar-refractivity contribution in [2.75, 3.05) is 13.2 Å². The summed E-state index contributed by atoms with van der Waals surface area (Å²) in [5.74, 6) is 0.0170. The van der Waals surface area contributed by atoms with Crippen LogP contribution in [0.15, 0.2) is 18.2 Å². The number of hydrogen-bond donors (Lipinski definition) is 2. The van der Waals surface area contributed by atoms with Crippen molar-refractivity contribution >= 4 is 23.6 Å². The lowest BCUT2D eigenvalue weighted by Crippen LogP contribution is -2.47. The van der Waals surface area contributed by atoms with E-state index in [1.807, 2.05) is 0 Å². The summed E-state index contributed by atoms with van der Waals surface area (Å²) in [5.41, 5.74) is 5.35. The number of hydrazine groups is 1. The second-order valence-corrected chi connectivity index (χ2v) is 4.74. The molecule has 1 unspecified atom stereocenters. The Hall–Kier alpha value is -1.95. The van der Waals surface area contributed by atoms with Crippen LogP contribution in [0.4, 0.5) is 4.79 Å². The second-order valence-electron chi connectivity index (χ2n) is 4.30. The zero-order valence-electron chi connectivity index (χ0n) is 10.9. The fourth-order valence-corrected chi connectivity index (χ4v) is 2.11. The smallest absolute Gasteiger partial charge is 0.426 e. The van der Waals surface area contributed by atoms with Crippen LogP contribution in [-0.4, -0.2) is 25.2 Å². The minimum atomic E-state index is -0.693. The zero-order chi connectivity index (χ0) is 14.5. The molecule has 0 radical (unpaired) electrons. The fourth-order valence-electron chi connectivity index (χ4n) is 1.91. The number of rotatable bonds is 2. The summed E-state index contributed by atoms with van der Waals surface area (Å²) < 4.78 is 10.1. The summed E-state index contributed by atoms with van der Waals surface area (Å²) in [6.07, 6.45) is -0.187. The Balaban J connectivity index is 1.91. The lowest BCUT2D eigenvalue weighted by molar-refractivity contribution is -0.127. The molecule has 2 amide bonds. The highest BCUT2D eigenvalue weighted by molar-refractivity contribution is 6.30. The van der Waals surface area contributed by atoms with Gasteiger partial charge in [0, 0.05) is 5.02 Å². The van der Waals surface area contributed by atoms with Crippen LogP contribution in [0.25, 0.3) is 0 Å². The molecule has 0 saturated heterocycles. The van der Waals surface area contributed by atoms with E-state index in [1.54, 1.807) is 25.1 Å². The first-order valence-corrected chi connectivity index (χ1v) is 6.61. The number of ether oxygens (including phenoxy) is 2. The van der Waals surface area contributed by atoms with Crippen LogP contribution in [0.2, 0.25) is 5.02 Å². The van der Waals surface area contributed by atoms with Crippen LogP contribution >= 0.6 is 11.6 Å². The third-order valence-corrected chi connectivity index (χ3v) is 3.10. The van der Waals surface area contributed by atoms with Crippen molar-refractivity contribution in [1.82, 2.24) is 10.9 Å². The average molecular weight is 299 g/mol. The molecule has 0 spiro atoms. The van der Waals surface area contributed by atoms with Gasteiger partial charge in [0.05, 0.1) is 12.5 Å². The quantitative estimate of drug-likeness (QED) is 0.814. The molecular formula is C13H15ClN2O4. The lowest BCUT2D eigenvalue weighted by Gasteiger charge is -2.24. The molecule has 1 aliphatic rings. The molecule has 1 atom stereocenters. The topological polar surface area (TPSA) is 76.7 Å². The largest absolute Gasteiger partial charge is 0.492 e. The molecule has 6 nitrogen and oxygen atoms in total. The van der Waals surface area contributed by atoms with E-state index in [0.29, 0.717) is 11.4 Å². The van der Waals surface area contributed by atoms with Crippen molar-refractivity contribution < 1.29 is 19.1 Å². The van der Waals surface area contributed by atoms with Crippen molar-refractivity contribution in [1.29, 1.82) is 0 Å². The van der Waals surface area contributed by atoms with Gasteiger partial charge in [-0.25, -0.2) is 10.2 Å². The summed E-state index contributed by atoms with van der Waals surface area (Å²) in [6.45, 7) is 2.17. The van der Waals surface area contributed by atoms with E-state index >= 15 is 0 Å². The number of carbonyl (C=O) groups is 2. The van der Waals surface area contributed by atoms with Gasteiger partial charge >= 0.3 is 6.09 Å². The Bertz CT molecular complexity index is 521. The maximum atomic E-state index is 11.9. The van der Waals surface area contributed by atoms with Gasteiger partial charge in [0.25, 0.3) is 0 Å². The normalized spacial score (nSPS) is 16.6. The van der Waals surface area contributed by atoms with E-state index in [2.05, 4.69) is 15.6 Å². The van der Waals surface area contributed by atoms with E-state index in [1.165, 1.54) is 0 Å². The van der Waals surface area contributed by atoms with Gasteiger partial charge in [0.2, 0.25) is 5.91 Å². The molecule has 1 aliphatic heterocycles. The van der Waals surface area contributed by atoms with E-state index < -0.39 is 6.09 Å². The molecule has 1 aromatic carbocycles. The summed E-state index contributed by atoms with van der Waals surface area (Å²) in [6, 6.07) is 5.29. The van der Waals surface area contributed by atoms with Crippen molar-refractivity contribution in [3.05, 3.63) is 28.8 Å². The Morgan fingerprint density at radius 2 is 2.25 bits per heavy atom. The fraction of sp³-hybridized carbons (Fsp3) is 0.385. The van der Waals surface area contributed by atoms with Crippen molar-refractivity contribution in [3.63, 3.8) is 0 Å². The number of hydrogen-bond acceptors (Lipinski definition) is 4. The van der Waals surface area contributed by atoms with Gasteiger partial charge in [-0.1, -0.05) is 11.6 Å². The summed E-state index contributed by atoms with van der Waals surface area (Å²) in [5, 5.41) is 0.595. The molecule has 0 bridgehead atoms. The van der Waals surface area contributed by atoms with E-state index in [4.69, 9.17) is 16.3 Å². The van der Waals surface area contributed by atoms with Crippen LogP contribution in [0.1, 0.15) is 12.5 Å². The first kappa shape index (κ1) is 14.5. The maximum Gasteiger partial charge on any atom is 0.426 e. The predicted molar refractivity (Wildman–Crippen MR) is 72.4 cm³/mol. The number of amides is 2. The van der Waals surface area contributed by atoms with Gasteiger partial charge in [-0.2, -0.15) is 0 Å².